The second-order valence-electron chi connectivity index (χ2n) is 9.20. The molecule has 0 unspecified atom stereocenters. The number of carbonyl (C=O) groups excluding carboxylic acids is 1. The van der Waals surface area contributed by atoms with E-state index < -0.39 is 39.3 Å². The summed E-state index contributed by atoms with van der Waals surface area (Å²) in [6.07, 6.45) is -4.12. The zero-order chi connectivity index (χ0) is 25.5. The van der Waals surface area contributed by atoms with Crippen molar-refractivity contribution in [2.45, 2.75) is 56.3 Å². The van der Waals surface area contributed by atoms with Gasteiger partial charge in [-0.3, -0.25) is 0 Å². The average Bonchev–Trinajstić information content (AvgIpc) is 3.13. The number of anilines is 1. The number of sulfone groups is 1. The molecular formula is C23H26ClF3N2O4S. The monoisotopic (exact) mass is 518 g/mol. The summed E-state index contributed by atoms with van der Waals surface area (Å²) >= 11 is 6.06. The lowest BCUT2D eigenvalue weighted by Crippen LogP contribution is -2.42. The smallest absolute Gasteiger partial charge is 0.417 e. The number of rotatable bonds is 4. The number of nitrogens with zero attached hydrogens (tertiary/aromatic N) is 1. The van der Waals surface area contributed by atoms with E-state index in [4.69, 9.17) is 22.1 Å². The Bertz CT molecular complexity index is 1180. The molecule has 0 spiro atoms. The van der Waals surface area contributed by atoms with Crippen LogP contribution in [0.3, 0.4) is 0 Å². The van der Waals surface area contributed by atoms with Gasteiger partial charge in [-0.05, 0) is 63.4 Å². The lowest BCUT2D eigenvalue weighted by molar-refractivity contribution is -0.137. The van der Waals surface area contributed by atoms with Crippen molar-refractivity contribution >= 4 is 33.2 Å². The van der Waals surface area contributed by atoms with Gasteiger partial charge in [0.05, 0.1) is 21.2 Å². The third-order valence-electron chi connectivity index (χ3n) is 5.34. The number of nitrogen functional groups attached to an aromatic ring is 1. The number of hydrogen-bond acceptors (Lipinski definition) is 5. The Morgan fingerprint density at radius 3 is 2.35 bits per heavy atom. The van der Waals surface area contributed by atoms with Gasteiger partial charge >= 0.3 is 12.3 Å². The van der Waals surface area contributed by atoms with Gasteiger partial charge in [0.15, 0.2) is 9.84 Å². The minimum Gasteiger partial charge on any atom is -0.444 e. The first-order valence-electron chi connectivity index (χ1n) is 10.6. The van der Waals surface area contributed by atoms with E-state index in [1.807, 2.05) is 0 Å². The van der Waals surface area contributed by atoms with Gasteiger partial charge in [0.25, 0.3) is 0 Å². The molecule has 1 aliphatic heterocycles. The standard InChI is InChI=1S/C23H26ClF3N2O4S/c1-22(2,3)33-21(30)29-10-4-5-16(29)13-34(31,32)17-8-6-14(7-9-17)20-18(23(25,26)27)11-15(28)12-19(20)24/h6-9,11-12,16H,4-5,10,13,28H2,1-3H3/t16-/m0/s1. The van der Waals surface area contributed by atoms with E-state index in [0.717, 1.165) is 6.07 Å². The van der Waals surface area contributed by atoms with Crippen LogP contribution in [-0.4, -0.2) is 43.4 Å². The first-order valence-corrected chi connectivity index (χ1v) is 12.6. The molecule has 3 rings (SSSR count). The SMILES string of the molecule is CC(C)(C)OC(=O)N1CCC[C@H]1CS(=O)(=O)c1ccc(-c2c(Cl)cc(N)cc2C(F)(F)F)cc1. The molecule has 2 aromatic rings. The van der Waals surface area contributed by atoms with Crippen molar-refractivity contribution in [2.75, 3.05) is 18.0 Å². The van der Waals surface area contributed by atoms with Crippen LogP contribution >= 0.6 is 11.6 Å². The van der Waals surface area contributed by atoms with Crippen LogP contribution in [0.5, 0.6) is 0 Å². The summed E-state index contributed by atoms with van der Waals surface area (Å²) in [5.41, 5.74) is 3.50. The van der Waals surface area contributed by atoms with Crippen molar-refractivity contribution in [2.24, 2.45) is 0 Å². The topological polar surface area (TPSA) is 89.7 Å². The summed E-state index contributed by atoms with van der Waals surface area (Å²) in [6, 6.07) is 6.48. The molecule has 1 saturated heterocycles. The Morgan fingerprint density at radius 2 is 1.79 bits per heavy atom. The van der Waals surface area contributed by atoms with Crippen LogP contribution in [0.25, 0.3) is 11.1 Å². The molecule has 0 aromatic heterocycles. The number of likely N-dealkylation sites (tertiary alicyclic amines) is 1. The van der Waals surface area contributed by atoms with Crippen molar-refractivity contribution < 1.29 is 31.1 Å². The summed E-state index contributed by atoms with van der Waals surface area (Å²) in [7, 11) is -3.83. The van der Waals surface area contributed by atoms with Crippen LogP contribution in [0.4, 0.5) is 23.7 Å². The molecule has 1 aliphatic rings. The molecule has 0 saturated carbocycles. The van der Waals surface area contributed by atoms with Crippen molar-refractivity contribution in [1.82, 2.24) is 4.90 Å². The lowest BCUT2D eigenvalue weighted by Gasteiger charge is -2.28. The van der Waals surface area contributed by atoms with Gasteiger partial charge in [-0.25, -0.2) is 13.2 Å². The highest BCUT2D eigenvalue weighted by atomic mass is 35.5. The van der Waals surface area contributed by atoms with Gasteiger partial charge in [0.1, 0.15) is 5.60 Å². The maximum absolute atomic E-state index is 13.5. The normalized spacial score (nSPS) is 17.1. The number of nitrogens with two attached hydrogens (primary N) is 1. The highest BCUT2D eigenvalue weighted by molar-refractivity contribution is 7.91. The molecule has 0 bridgehead atoms. The van der Waals surface area contributed by atoms with E-state index in [1.54, 1.807) is 20.8 Å². The number of hydrogen-bond donors (Lipinski definition) is 1. The zero-order valence-corrected chi connectivity index (χ0v) is 20.5. The van der Waals surface area contributed by atoms with E-state index in [1.165, 1.54) is 35.2 Å². The van der Waals surface area contributed by atoms with Crippen LogP contribution < -0.4 is 5.73 Å². The molecule has 2 aromatic carbocycles. The predicted octanol–water partition coefficient (Wildman–Crippen LogP) is 5.78. The molecule has 1 atom stereocenters. The van der Waals surface area contributed by atoms with E-state index in [0.29, 0.717) is 19.4 Å². The van der Waals surface area contributed by atoms with Gasteiger partial charge in [-0.2, -0.15) is 13.2 Å². The first kappa shape index (κ1) is 26.2. The molecule has 1 amide bonds. The Balaban J connectivity index is 1.86. The summed E-state index contributed by atoms with van der Waals surface area (Å²) in [4.78, 5) is 13.8. The van der Waals surface area contributed by atoms with Crippen molar-refractivity contribution in [3.05, 3.63) is 47.0 Å². The predicted molar refractivity (Wildman–Crippen MR) is 124 cm³/mol. The van der Waals surface area contributed by atoms with Crippen LogP contribution in [0.15, 0.2) is 41.3 Å². The van der Waals surface area contributed by atoms with Gasteiger partial charge in [0, 0.05) is 23.8 Å². The van der Waals surface area contributed by atoms with E-state index in [9.17, 15) is 26.4 Å². The summed E-state index contributed by atoms with van der Waals surface area (Å²) < 4.78 is 72.1. The molecule has 0 radical (unpaired) electrons. The van der Waals surface area contributed by atoms with E-state index in [2.05, 4.69) is 0 Å². The third-order valence-corrected chi connectivity index (χ3v) is 7.45. The second-order valence-corrected chi connectivity index (χ2v) is 11.6. The number of carbonyl (C=O) groups is 1. The van der Waals surface area contributed by atoms with Crippen LogP contribution in [0.2, 0.25) is 5.02 Å². The zero-order valence-electron chi connectivity index (χ0n) is 18.9. The largest absolute Gasteiger partial charge is 0.444 e. The summed E-state index contributed by atoms with van der Waals surface area (Å²) in [5.74, 6) is -0.317. The molecule has 11 heteroatoms. The lowest BCUT2D eigenvalue weighted by atomic mass is 9.98. The molecule has 186 valence electrons. The molecule has 1 heterocycles. The van der Waals surface area contributed by atoms with E-state index >= 15 is 0 Å². The fourth-order valence-corrected chi connectivity index (χ4v) is 5.83. The molecule has 0 aliphatic carbocycles. The number of halogens is 4. The van der Waals surface area contributed by atoms with Crippen LogP contribution in [0, 0.1) is 0 Å². The Kier molecular flexibility index (Phi) is 7.15. The third kappa shape index (κ3) is 5.96. The number of benzene rings is 2. The molecule has 1 fully saturated rings. The fourth-order valence-electron chi connectivity index (χ4n) is 3.89. The minimum atomic E-state index is -4.70. The minimum absolute atomic E-state index is 0.0626. The Hall–Kier alpha value is -2.46. The van der Waals surface area contributed by atoms with E-state index in [-0.39, 0.29) is 32.5 Å². The van der Waals surface area contributed by atoms with Gasteiger partial charge < -0.3 is 15.4 Å². The molecule has 2 N–H and O–H groups in total. The number of ether oxygens (including phenoxy) is 1. The van der Waals surface area contributed by atoms with Crippen LogP contribution in [0.1, 0.15) is 39.2 Å². The highest BCUT2D eigenvalue weighted by Crippen LogP contribution is 2.42. The van der Waals surface area contributed by atoms with Crippen molar-refractivity contribution in [3.63, 3.8) is 0 Å². The first-order chi connectivity index (χ1) is 15.6. The average molecular weight is 519 g/mol. The quantitative estimate of drug-likeness (QED) is 0.518. The second kappa shape index (κ2) is 9.30. The number of alkyl halides is 3. The summed E-state index contributed by atoms with van der Waals surface area (Å²) in [5, 5.41) is -0.193. The summed E-state index contributed by atoms with van der Waals surface area (Å²) in [6.45, 7) is 5.58. The van der Waals surface area contributed by atoms with Crippen molar-refractivity contribution in [3.8, 4) is 11.1 Å². The van der Waals surface area contributed by atoms with Gasteiger partial charge in [-0.15, -0.1) is 0 Å². The Morgan fingerprint density at radius 1 is 1.18 bits per heavy atom. The molecule has 34 heavy (non-hydrogen) atoms. The Labute approximate surface area is 201 Å². The van der Waals surface area contributed by atoms with Gasteiger partial charge in [0.2, 0.25) is 0 Å². The van der Waals surface area contributed by atoms with Crippen molar-refractivity contribution in [1.29, 1.82) is 0 Å². The maximum atomic E-state index is 13.5. The molecule has 6 nitrogen and oxygen atoms in total. The van der Waals surface area contributed by atoms with Crippen LogP contribution in [-0.2, 0) is 20.8 Å². The molecular weight excluding hydrogens is 493 g/mol. The van der Waals surface area contributed by atoms with Gasteiger partial charge in [-0.1, -0.05) is 23.7 Å². The fraction of sp³-hybridized carbons (Fsp3) is 0.435. The highest BCUT2D eigenvalue weighted by Gasteiger charge is 2.37. The number of amides is 1. The maximum Gasteiger partial charge on any atom is 0.417 e.